The largest absolute Gasteiger partial charge is 0.490 e. The Morgan fingerprint density at radius 3 is 2.85 bits per heavy atom. The van der Waals surface area contributed by atoms with Crippen LogP contribution in [0.2, 0.25) is 0 Å². The first-order valence-corrected chi connectivity index (χ1v) is 7.53. The Morgan fingerprint density at radius 1 is 1.40 bits per heavy atom. The first kappa shape index (κ1) is 15.3. The van der Waals surface area contributed by atoms with Crippen LogP contribution >= 0.6 is 0 Å². The minimum Gasteiger partial charge on any atom is -0.490 e. The molecule has 1 heterocycles. The standard InChI is InChI=1S/C17H26FNO/c1-12(11-19-17(2,3)4)5-7-15-10-13-9-14(18)6-8-16(13)20-15/h6,8-9,12,15,19H,5,7,10-11H2,1-4H3. The van der Waals surface area contributed by atoms with Crippen molar-refractivity contribution in [2.24, 2.45) is 5.92 Å². The van der Waals surface area contributed by atoms with Gasteiger partial charge in [0.1, 0.15) is 17.7 Å². The minimum atomic E-state index is -0.171. The van der Waals surface area contributed by atoms with Gasteiger partial charge in [0.05, 0.1) is 0 Å². The second-order valence-corrected chi connectivity index (χ2v) is 7.01. The van der Waals surface area contributed by atoms with Crippen molar-refractivity contribution in [2.75, 3.05) is 6.54 Å². The summed E-state index contributed by atoms with van der Waals surface area (Å²) in [7, 11) is 0. The van der Waals surface area contributed by atoms with Crippen LogP contribution in [0.5, 0.6) is 5.75 Å². The normalized spacial score (nSPS) is 19.6. The van der Waals surface area contributed by atoms with Crippen LogP contribution in [0, 0.1) is 11.7 Å². The summed E-state index contributed by atoms with van der Waals surface area (Å²) in [4.78, 5) is 0. The fraction of sp³-hybridized carbons (Fsp3) is 0.647. The number of hydrogen-bond acceptors (Lipinski definition) is 2. The van der Waals surface area contributed by atoms with Gasteiger partial charge in [0.15, 0.2) is 0 Å². The van der Waals surface area contributed by atoms with E-state index in [-0.39, 0.29) is 17.5 Å². The van der Waals surface area contributed by atoms with Crippen molar-refractivity contribution in [3.8, 4) is 5.75 Å². The van der Waals surface area contributed by atoms with Gasteiger partial charge in [-0.1, -0.05) is 6.92 Å². The van der Waals surface area contributed by atoms with Crippen LogP contribution in [-0.4, -0.2) is 18.2 Å². The van der Waals surface area contributed by atoms with Gasteiger partial charge in [-0.05, 0) is 64.3 Å². The molecule has 2 nitrogen and oxygen atoms in total. The summed E-state index contributed by atoms with van der Waals surface area (Å²) >= 11 is 0. The van der Waals surface area contributed by atoms with Crippen molar-refractivity contribution in [1.82, 2.24) is 5.32 Å². The lowest BCUT2D eigenvalue weighted by Gasteiger charge is -2.24. The summed E-state index contributed by atoms with van der Waals surface area (Å²) in [5.74, 6) is 1.31. The van der Waals surface area contributed by atoms with Gasteiger partial charge >= 0.3 is 0 Å². The maximum absolute atomic E-state index is 13.2. The van der Waals surface area contributed by atoms with E-state index in [2.05, 4.69) is 33.0 Å². The maximum Gasteiger partial charge on any atom is 0.123 e. The highest BCUT2D eigenvalue weighted by Crippen LogP contribution is 2.31. The quantitative estimate of drug-likeness (QED) is 0.881. The lowest BCUT2D eigenvalue weighted by atomic mass is 9.99. The zero-order chi connectivity index (χ0) is 14.8. The van der Waals surface area contributed by atoms with E-state index < -0.39 is 0 Å². The molecule has 1 N–H and O–H groups in total. The van der Waals surface area contributed by atoms with E-state index in [4.69, 9.17) is 4.74 Å². The highest BCUT2D eigenvalue weighted by Gasteiger charge is 2.23. The molecule has 2 rings (SSSR count). The van der Waals surface area contributed by atoms with Gasteiger partial charge in [-0.15, -0.1) is 0 Å². The van der Waals surface area contributed by atoms with Gasteiger partial charge in [-0.3, -0.25) is 0 Å². The highest BCUT2D eigenvalue weighted by molar-refractivity contribution is 5.37. The number of nitrogens with one attached hydrogen (secondary N) is 1. The first-order valence-electron chi connectivity index (χ1n) is 7.53. The molecule has 0 amide bonds. The van der Waals surface area contributed by atoms with E-state index in [1.54, 1.807) is 12.1 Å². The summed E-state index contributed by atoms with van der Waals surface area (Å²) in [5.41, 5.74) is 1.18. The molecule has 1 aromatic carbocycles. The van der Waals surface area contributed by atoms with Crippen LogP contribution in [0.3, 0.4) is 0 Å². The monoisotopic (exact) mass is 279 g/mol. The molecule has 0 fully saturated rings. The number of benzene rings is 1. The van der Waals surface area contributed by atoms with E-state index >= 15 is 0 Å². The second kappa shape index (κ2) is 6.13. The van der Waals surface area contributed by atoms with Gasteiger partial charge in [0.2, 0.25) is 0 Å². The topological polar surface area (TPSA) is 21.3 Å². The Bertz CT molecular complexity index is 453. The number of halogens is 1. The number of rotatable bonds is 5. The van der Waals surface area contributed by atoms with Gasteiger partial charge < -0.3 is 10.1 Å². The minimum absolute atomic E-state index is 0.171. The van der Waals surface area contributed by atoms with Crippen LogP contribution in [0.25, 0.3) is 0 Å². The Kier molecular flexibility index (Phi) is 4.69. The molecule has 2 atom stereocenters. The van der Waals surface area contributed by atoms with Crippen molar-refractivity contribution in [1.29, 1.82) is 0 Å². The summed E-state index contributed by atoms with van der Waals surface area (Å²) in [6, 6.07) is 4.81. The molecular formula is C17H26FNO. The Morgan fingerprint density at radius 2 is 2.15 bits per heavy atom. The average Bonchev–Trinajstić information content (AvgIpc) is 2.75. The van der Waals surface area contributed by atoms with E-state index in [9.17, 15) is 4.39 Å². The Balaban J connectivity index is 1.74. The summed E-state index contributed by atoms with van der Waals surface area (Å²) in [6.07, 6.45) is 3.21. The fourth-order valence-electron chi connectivity index (χ4n) is 2.50. The molecule has 0 radical (unpaired) electrons. The smallest absolute Gasteiger partial charge is 0.123 e. The van der Waals surface area contributed by atoms with Crippen LogP contribution < -0.4 is 10.1 Å². The molecule has 0 saturated heterocycles. The Labute approximate surface area is 121 Å². The van der Waals surface area contributed by atoms with E-state index in [1.165, 1.54) is 6.07 Å². The van der Waals surface area contributed by atoms with Crippen LogP contribution in [0.1, 0.15) is 46.1 Å². The van der Waals surface area contributed by atoms with Gasteiger partial charge in [0, 0.05) is 17.5 Å². The molecule has 112 valence electrons. The molecule has 0 aliphatic carbocycles. The molecule has 20 heavy (non-hydrogen) atoms. The summed E-state index contributed by atoms with van der Waals surface area (Å²) < 4.78 is 19.0. The van der Waals surface area contributed by atoms with Gasteiger partial charge in [-0.2, -0.15) is 0 Å². The molecule has 1 aliphatic heterocycles. The van der Waals surface area contributed by atoms with E-state index in [1.807, 2.05) is 0 Å². The third-order valence-electron chi connectivity index (χ3n) is 3.73. The molecule has 0 spiro atoms. The van der Waals surface area contributed by atoms with E-state index in [0.717, 1.165) is 37.1 Å². The van der Waals surface area contributed by atoms with E-state index in [0.29, 0.717) is 5.92 Å². The zero-order valence-electron chi connectivity index (χ0n) is 13.0. The van der Waals surface area contributed by atoms with Crippen molar-refractivity contribution >= 4 is 0 Å². The molecule has 1 aliphatic rings. The average molecular weight is 279 g/mol. The molecule has 0 bridgehead atoms. The molecule has 3 heteroatoms. The number of fused-ring (bicyclic) bond motifs is 1. The SMILES string of the molecule is CC(CCC1Cc2cc(F)ccc2O1)CNC(C)(C)C. The molecule has 0 aromatic heterocycles. The van der Waals surface area contributed by atoms with Crippen LogP contribution in [0.15, 0.2) is 18.2 Å². The van der Waals surface area contributed by atoms with Crippen molar-refractivity contribution in [3.63, 3.8) is 0 Å². The number of ether oxygens (including phenoxy) is 1. The molecule has 0 saturated carbocycles. The lowest BCUT2D eigenvalue weighted by molar-refractivity contribution is 0.207. The predicted molar refractivity (Wildman–Crippen MR) is 80.7 cm³/mol. The van der Waals surface area contributed by atoms with Crippen molar-refractivity contribution < 1.29 is 9.13 Å². The Hall–Kier alpha value is -1.09. The third kappa shape index (κ3) is 4.48. The summed E-state index contributed by atoms with van der Waals surface area (Å²) in [5, 5.41) is 3.53. The van der Waals surface area contributed by atoms with Gasteiger partial charge in [0.25, 0.3) is 0 Å². The summed E-state index contributed by atoms with van der Waals surface area (Å²) in [6.45, 7) is 9.85. The lowest BCUT2D eigenvalue weighted by Crippen LogP contribution is -2.38. The predicted octanol–water partition coefficient (Wildman–Crippen LogP) is 3.93. The van der Waals surface area contributed by atoms with Crippen molar-refractivity contribution in [2.45, 2.75) is 58.6 Å². The zero-order valence-corrected chi connectivity index (χ0v) is 13.0. The first-order chi connectivity index (χ1) is 9.33. The van der Waals surface area contributed by atoms with Crippen LogP contribution in [-0.2, 0) is 6.42 Å². The molecule has 1 aromatic rings. The van der Waals surface area contributed by atoms with Gasteiger partial charge in [-0.25, -0.2) is 4.39 Å². The number of hydrogen-bond donors (Lipinski definition) is 1. The molecule has 2 unspecified atom stereocenters. The fourth-order valence-corrected chi connectivity index (χ4v) is 2.50. The molecular weight excluding hydrogens is 253 g/mol. The van der Waals surface area contributed by atoms with Crippen LogP contribution in [0.4, 0.5) is 4.39 Å². The van der Waals surface area contributed by atoms with Crippen molar-refractivity contribution in [3.05, 3.63) is 29.6 Å². The second-order valence-electron chi connectivity index (χ2n) is 7.01. The highest BCUT2D eigenvalue weighted by atomic mass is 19.1. The maximum atomic E-state index is 13.2. The third-order valence-corrected chi connectivity index (χ3v) is 3.73.